The van der Waals surface area contributed by atoms with Gasteiger partial charge in [0, 0.05) is 11.8 Å². The van der Waals surface area contributed by atoms with E-state index in [9.17, 15) is 4.79 Å². The first-order valence-electron chi connectivity index (χ1n) is 17.2. The molecule has 0 bridgehead atoms. The zero-order valence-corrected chi connectivity index (χ0v) is 32.6. The van der Waals surface area contributed by atoms with Crippen LogP contribution in [0.4, 0.5) is 4.79 Å². The summed E-state index contributed by atoms with van der Waals surface area (Å²) in [7, 11) is -2.21. The summed E-state index contributed by atoms with van der Waals surface area (Å²) in [4.78, 5) is 25.5. The average Bonchev–Trinajstić information content (AvgIpc) is 3.57. The van der Waals surface area contributed by atoms with Gasteiger partial charge < -0.3 is 32.7 Å². The zero-order chi connectivity index (χ0) is 36.2. The molecule has 2 aliphatic rings. The zero-order valence-electron chi connectivity index (χ0n) is 31.6. The van der Waals surface area contributed by atoms with E-state index in [4.69, 9.17) is 33.1 Å². The summed E-state index contributed by atoms with van der Waals surface area (Å²) in [6.45, 7) is 27.3. The fourth-order valence-electron chi connectivity index (χ4n) is 6.10. The van der Waals surface area contributed by atoms with E-state index in [0.29, 0.717) is 23.5 Å². The molecule has 2 aliphatic heterocycles. The highest BCUT2D eigenvalue weighted by molar-refractivity contribution is 6.74. The molecule has 0 saturated carbocycles. The Kier molecular flexibility index (Phi) is 10.1. The highest BCUT2D eigenvalue weighted by Gasteiger charge is 2.61. The van der Waals surface area contributed by atoms with Crippen molar-refractivity contribution in [3.63, 3.8) is 0 Å². The Hall–Kier alpha value is -3.03. The summed E-state index contributed by atoms with van der Waals surface area (Å²) in [5.41, 5.74) is 1.85. The van der Waals surface area contributed by atoms with Crippen LogP contribution in [0.25, 0.3) is 11.0 Å². The molecular formula is C37H56N4O7Si. The molecule has 4 unspecified atom stereocenters. The quantitative estimate of drug-likeness (QED) is 0.206. The van der Waals surface area contributed by atoms with Crippen LogP contribution in [0.5, 0.6) is 5.88 Å². The molecule has 12 heteroatoms. The maximum absolute atomic E-state index is 14.4. The Bertz CT molecular complexity index is 1620. The van der Waals surface area contributed by atoms with Gasteiger partial charge in [-0.2, -0.15) is 4.98 Å². The smallest absolute Gasteiger partial charge is 0.411 e. The molecule has 2 aromatic heterocycles. The van der Waals surface area contributed by atoms with Crippen LogP contribution in [0, 0.1) is 0 Å². The highest BCUT2D eigenvalue weighted by atomic mass is 28.4. The van der Waals surface area contributed by atoms with Crippen molar-refractivity contribution in [3.8, 4) is 5.88 Å². The van der Waals surface area contributed by atoms with E-state index in [1.165, 1.54) is 6.33 Å². The van der Waals surface area contributed by atoms with Crippen molar-refractivity contribution in [1.82, 2.24) is 19.4 Å². The standard InChI is InChI=1S/C37H56N4O7Si/c1-34(2,3)47-32-29-27(38-22-39-32)25(19-40(29)23-43-20-24-17-15-14-16-18-24)28-31-30(45-37(10,11)46-31)26(21-44-49(12,13)36(7,8)9)41(28)33(42)48-35(4,5)6/h14-19,22,26,28,30-31H,20-21,23H2,1-13H3. The summed E-state index contributed by atoms with van der Waals surface area (Å²) in [5, 5.41) is -0.0268. The third-order valence-corrected chi connectivity index (χ3v) is 13.7. The molecule has 11 nitrogen and oxygen atoms in total. The molecule has 0 N–H and O–H groups in total. The second-order valence-electron chi connectivity index (χ2n) is 17.1. The van der Waals surface area contributed by atoms with E-state index in [2.05, 4.69) is 38.8 Å². The van der Waals surface area contributed by atoms with Crippen molar-refractivity contribution < 1.29 is 32.9 Å². The number of ether oxygens (including phenoxy) is 5. The Morgan fingerprint density at radius 2 is 1.59 bits per heavy atom. The van der Waals surface area contributed by atoms with E-state index in [1.54, 1.807) is 4.90 Å². The van der Waals surface area contributed by atoms with Gasteiger partial charge in [-0.1, -0.05) is 51.1 Å². The molecule has 1 amide bonds. The van der Waals surface area contributed by atoms with Gasteiger partial charge in [0.05, 0.1) is 25.3 Å². The molecule has 3 aromatic rings. The van der Waals surface area contributed by atoms with E-state index >= 15 is 0 Å². The SMILES string of the molecule is CC(C)(C)OC(=O)N1C(CO[Si](C)(C)C(C)(C)C)C2OC(C)(C)OC2C1c1cn(COCc2ccccc2)c2c(OC(C)(C)C)ncnc12. The van der Waals surface area contributed by atoms with Crippen LogP contribution in [0.3, 0.4) is 0 Å². The van der Waals surface area contributed by atoms with Gasteiger partial charge in [0.25, 0.3) is 0 Å². The number of aromatic nitrogens is 3. The lowest BCUT2D eigenvalue weighted by Crippen LogP contribution is -2.50. The number of carbonyl (C=O) groups excluding carboxylic acids is 1. The summed E-state index contributed by atoms with van der Waals surface area (Å²) in [5.74, 6) is -0.456. The van der Waals surface area contributed by atoms with Crippen LogP contribution < -0.4 is 4.74 Å². The van der Waals surface area contributed by atoms with Crippen LogP contribution in [0.2, 0.25) is 18.1 Å². The van der Waals surface area contributed by atoms with Crippen LogP contribution in [0.1, 0.15) is 93.3 Å². The van der Waals surface area contributed by atoms with Crippen LogP contribution in [-0.2, 0) is 36.7 Å². The van der Waals surface area contributed by atoms with Crippen LogP contribution >= 0.6 is 0 Å². The second-order valence-corrected chi connectivity index (χ2v) is 22.0. The van der Waals surface area contributed by atoms with Crippen molar-refractivity contribution in [1.29, 1.82) is 0 Å². The fourth-order valence-corrected chi connectivity index (χ4v) is 7.12. The lowest BCUT2D eigenvalue weighted by molar-refractivity contribution is -0.168. The lowest BCUT2D eigenvalue weighted by Gasteiger charge is -2.40. The van der Waals surface area contributed by atoms with Crippen LogP contribution in [0.15, 0.2) is 42.9 Å². The Labute approximate surface area is 292 Å². The number of fused-ring (bicyclic) bond motifs is 2. The van der Waals surface area contributed by atoms with E-state index < -0.39 is 55.7 Å². The van der Waals surface area contributed by atoms with Crippen molar-refractivity contribution in [2.45, 2.75) is 149 Å². The minimum Gasteiger partial charge on any atom is -0.470 e. The van der Waals surface area contributed by atoms with Gasteiger partial charge in [-0.15, -0.1) is 0 Å². The molecule has 5 rings (SSSR count). The second kappa shape index (κ2) is 13.3. The molecule has 0 radical (unpaired) electrons. The third-order valence-electron chi connectivity index (χ3n) is 9.24. The number of rotatable bonds is 9. The van der Waals surface area contributed by atoms with Crippen molar-refractivity contribution >= 4 is 25.4 Å². The summed E-state index contributed by atoms with van der Waals surface area (Å²) in [6, 6.07) is 8.91. The monoisotopic (exact) mass is 696 g/mol. The van der Waals surface area contributed by atoms with E-state index in [-0.39, 0.29) is 18.4 Å². The number of hydrogen-bond acceptors (Lipinski definition) is 9. The van der Waals surface area contributed by atoms with Crippen molar-refractivity contribution in [3.05, 3.63) is 54.0 Å². The summed E-state index contributed by atoms with van der Waals surface area (Å²) < 4.78 is 40.7. The normalized spacial score (nSPS) is 22.8. The molecule has 1 aromatic carbocycles. The highest BCUT2D eigenvalue weighted by Crippen LogP contribution is 2.50. The van der Waals surface area contributed by atoms with Gasteiger partial charge in [0.1, 0.15) is 47.5 Å². The Morgan fingerprint density at radius 1 is 0.939 bits per heavy atom. The van der Waals surface area contributed by atoms with Gasteiger partial charge in [0.2, 0.25) is 5.88 Å². The molecule has 2 fully saturated rings. The number of likely N-dealkylation sites (tertiary alicyclic amines) is 1. The van der Waals surface area contributed by atoms with E-state index in [1.807, 2.05) is 96.5 Å². The molecule has 0 aliphatic carbocycles. The Morgan fingerprint density at radius 3 is 2.20 bits per heavy atom. The minimum atomic E-state index is -2.21. The van der Waals surface area contributed by atoms with Crippen LogP contribution in [-0.4, -0.2) is 75.7 Å². The first-order valence-corrected chi connectivity index (χ1v) is 20.1. The number of carbonyl (C=O) groups is 1. The Balaban J connectivity index is 1.64. The third kappa shape index (κ3) is 8.31. The van der Waals surface area contributed by atoms with Gasteiger partial charge in [0.15, 0.2) is 14.1 Å². The minimum absolute atomic E-state index is 0.0268. The lowest BCUT2D eigenvalue weighted by atomic mass is 10.0. The first kappa shape index (κ1) is 37.2. The number of benzene rings is 1. The average molecular weight is 697 g/mol. The van der Waals surface area contributed by atoms with Crippen molar-refractivity contribution in [2.75, 3.05) is 6.61 Å². The molecular weight excluding hydrogens is 641 g/mol. The van der Waals surface area contributed by atoms with Gasteiger partial charge in [-0.05, 0) is 79.1 Å². The molecule has 270 valence electrons. The van der Waals surface area contributed by atoms with Gasteiger partial charge in [-0.3, -0.25) is 4.90 Å². The first-order chi connectivity index (χ1) is 22.6. The topological polar surface area (TPSA) is 106 Å². The van der Waals surface area contributed by atoms with E-state index in [0.717, 1.165) is 11.1 Å². The summed E-state index contributed by atoms with van der Waals surface area (Å²) >= 11 is 0. The fraction of sp³-hybridized carbons (Fsp3) is 0.649. The largest absolute Gasteiger partial charge is 0.470 e. The van der Waals surface area contributed by atoms with Crippen molar-refractivity contribution in [2.24, 2.45) is 0 Å². The maximum Gasteiger partial charge on any atom is 0.411 e. The van der Waals surface area contributed by atoms with Gasteiger partial charge >= 0.3 is 6.09 Å². The number of hydrogen-bond donors (Lipinski definition) is 0. The number of amides is 1. The summed E-state index contributed by atoms with van der Waals surface area (Å²) in [6.07, 6.45) is 2.01. The number of nitrogens with zero attached hydrogens (tertiary/aromatic N) is 4. The van der Waals surface area contributed by atoms with Gasteiger partial charge in [-0.25, -0.2) is 9.78 Å². The predicted octanol–water partition coefficient (Wildman–Crippen LogP) is 7.99. The predicted molar refractivity (Wildman–Crippen MR) is 191 cm³/mol. The molecule has 2 saturated heterocycles. The molecule has 4 atom stereocenters. The molecule has 4 heterocycles. The maximum atomic E-state index is 14.4. The molecule has 0 spiro atoms. The molecule has 49 heavy (non-hydrogen) atoms.